The summed E-state index contributed by atoms with van der Waals surface area (Å²) >= 11 is 0. The summed E-state index contributed by atoms with van der Waals surface area (Å²) in [6, 6.07) is 83.3. The Kier molecular flexibility index (Phi) is 10.9. The van der Waals surface area contributed by atoms with Gasteiger partial charge < -0.3 is 14.0 Å². The van der Waals surface area contributed by atoms with Crippen molar-refractivity contribution in [2.45, 2.75) is 25.2 Å². The largest absolute Gasteiger partial charge is 0.310 e. The molecule has 12 aromatic rings. The van der Waals surface area contributed by atoms with Gasteiger partial charge in [-0.3, -0.25) is 0 Å². The molecule has 0 aliphatic rings. The van der Waals surface area contributed by atoms with Gasteiger partial charge in [-0.2, -0.15) is 0 Å². The first-order chi connectivity index (χ1) is 34.0. The van der Waals surface area contributed by atoms with E-state index in [0.717, 1.165) is 86.1 Å². The van der Waals surface area contributed by atoms with E-state index in [2.05, 4.69) is 208 Å². The molecule has 0 radical (unpaired) electrons. The molecule has 5 heteroatoms. The van der Waals surface area contributed by atoms with Crippen LogP contribution in [0.3, 0.4) is 0 Å². The van der Waals surface area contributed by atoms with Gasteiger partial charge in [0, 0.05) is 50.0 Å². The van der Waals surface area contributed by atoms with Crippen LogP contribution in [-0.2, 0) is 12.8 Å². The molecule has 1 atom stereocenters. The number of benzene rings is 10. The summed E-state index contributed by atoms with van der Waals surface area (Å²) in [5, 5.41) is 4.67. The molecule has 0 bridgehead atoms. The van der Waals surface area contributed by atoms with Crippen LogP contribution in [-0.4, -0.2) is 9.13 Å². The van der Waals surface area contributed by atoms with Crippen LogP contribution in [0.25, 0.3) is 66.1 Å². The van der Waals surface area contributed by atoms with E-state index >= 15 is 0 Å². The minimum atomic E-state index is -0.250. The molecule has 0 saturated carbocycles. The maximum atomic E-state index is 14.0. The average Bonchev–Trinajstić information content (AvgIpc) is 3.91. The first-order valence-corrected chi connectivity index (χ1v) is 23.7. The molecule has 0 fully saturated rings. The Bertz CT molecular complexity index is 3740. The van der Waals surface area contributed by atoms with Gasteiger partial charge in [-0.15, -0.1) is 0 Å². The first kappa shape index (κ1) is 41.9. The minimum Gasteiger partial charge on any atom is -0.310 e. The summed E-state index contributed by atoms with van der Waals surface area (Å²) in [4.78, 5) is 2.31. The molecule has 0 spiro atoms. The lowest BCUT2D eigenvalue weighted by atomic mass is 9.86. The Hall–Kier alpha value is -8.54. The minimum absolute atomic E-state index is 0.237. The summed E-state index contributed by atoms with van der Waals surface area (Å²) < 4.78 is 32.5. The van der Waals surface area contributed by atoms with Crippen molar-refractivity contribution in [2.75, 3.05) is 4.90 Å². The molecule has 10 aromatic carbocycles. The summed E-state index contributed by atoms with van der Waals surface area (Å²) in [5.74, 6) is -0.182. The Balaban J connectivity index is 0.821. The molecule has 0 saturated heterocycles. The summed E-state index contributed by atoms with van der Waals surface area (Å²) in [5.41, 5.74) is 15.7. The van der Waals surface area contributed by atoms with Crippen molar-refractivity contribution in [1.29, 1.82) is 0 Å². The van der Waals surface area contributed by atoms with Crippen molar-refractivity contribution >= 4 is 60.7 Å². The van der Waals surface area contributed by atoms with Gasteiger partial charge in [-0.1, -0.05) is 127 Å². The number of halogens is 2. The standard InChI is InChI=1S/C64H47F2N3/c65-50-28-34-54(35-29-50)68-61-17-9-7-15-57(61)59-42-49(27-39-63(59)68)48(41-45-11-3-1-4-12-45)24-21-44-19-22-46(23-20-44)47-25-32-53(33-26-47)67(52-13-5-2-6-14-52)56-38-40-64-60(43-56)58-16-8-10-18-62(58)69(64)55-36-30-51(66)31-37-55/h1-20,22-23,25-40,42-43,48H,21,24,41H2. The zero-order valence-corrected chi connectivity index (χ0v) is 37.9. The highest BCUT2D eigenvalue weighted by atomic mass is 19.1. The molecular formula is C64H47F2N3. The van der Waals surface area contributed by atoms with Crippen molar-refractivity contribution in [3.8, 4) is 22.5 Å². The number of fused-ring (bicyclic) bond motifs is 6. The fraction of sp³-hybridized carbons (Fsp3) is 0.0625. The van der Waals surface area contributed by atoms with E-state index in [-0.39, 0.29) is 11.6 Å². The third kappa shape index (κ3) is 8.02. The molecule has 12 rings (SSSR count). The predicted octanol–water partition coefficient (Wildman–Crippen LogP) is 17.3. The van der Waals surface area contributed by atoms with Gasteiger partial charge in [-0.05, 0) is 168 Å². The zero-order valence-electron chi connectivity index (χ0n) is 37.9. The lowest BCUT2D eigenvalue weighted by Crippen LogP contribution is -2.09. The second kappa shape index (κ2) is 17.9. The van der Waals surface area contributed by atoms with Crippen LogP contribution in [0.1, 0.15) is 29.0 Å². The Labute approximate surface area is 400 Å². The van der Waals surface area contributed by atoms with Crippen LogP contribution in [0.5, 0.6) is 0 Å². The number of hydrogen-bond acceptors (Lipinski definition) is 1. The maximum absolute atomic E-state index is 14.0. The molecule has 332 valence electrons. The van der Waals surface area contributed by atoms with Gasteiger partial charge in [0.05, 0.1) is 22.1 Å². The molecule has 69 heavy (non-hydrogen) atoms. The number of hydrogen-bond donors (Lipinski definition) is 0. The van der Waals surface area contributed by atoms with Crippen LogP contribution in [0, 0.1) is 11.6 Å². The number of rotatable bonds is 12. The fourth-order valence-electron chi connectivity index (χ4n) is 10.4. The summed E-state index contributed by atoms with van der Waals surface area (Å²) in [7, 11) is 0. The van der Waals surface area contributed by atoms with E-state index < -0.39 is 0 Å². The lowest BCUT2D eigenvalue weighted by Gasteiger charge is -2.26. The van der Waals surface area contributed by atoms with Gasteiger partial charge in [0.15, 0.2) is 0 Å². The van der Waals surface area contributed by atoms with Crippen molar-refractivity contribution < 1.29 is 8.78 Å². The van der Waals surface area contributed by atoms with Gasteiger partial charge in [-0.25, -0.2) is 8.78 Å². The molecule has 0 amide bonds. The van der Waals surface area contributed by atoms with Crippen molar-refractivity contribution in [2.24, 2.45) is 0 Å². The second-order valence-electron chi connectivity index (χ2n) is 18.0. The quantitative estimate of drug-likeness (QED) is 0.119. The highest BCUT2D eigenvalue weighted by Crippen LogP contribution is 2.41. The number of nitrogens with zero attached hydrogens (tertiary/aromatic N) is 3. The number of para-hydroxylation sites is 3. The van der Waals surface area contributed by atoms with E-state index in [1.807, 2.05) is 24.3 Å². The smallest absolute Gasteiger partial charge is 0.123 e. The maximum Gasteiger partial charge on any atom is 0.123 e. The van der Waals surface area contributed by atoms with Gasteiger partial charge in [0.2, 0.25) is 0 Å². The Morgan fingerprint density at radius 2 is 0.826 bits per heavy atom. The SMILES string of the molecule is Fc1ccc(-n2c3ccccc3c3cc(C(CCc4ccc(-c5ccc(N(c6ccccc6)c6ccc7c(c6)c6ccccc6n7-c6ccc(F)cc6)cc5)cc4)Cc4ccccc4)ccc32)cc1. The highest BCUT2D eigenvalue weighted by Gasteiger charge is 2.20. The molecule has 3 nitrogen and oxygen atoms in total. The molecule has 1 unspecified atom stereocenters. The van der Waals surface area contributed by atoms with E-state index in [1.165, 1.54) is 57.3 Å². The van der Waals surface area contributed by atoms with Crippen molar-refractivity contribution in [3.63, 3.8) is 0 Å². The average molecular weight is 896 g/mol. The lowest BCUT2D eigenvalue weighted by molar-refractivity contribution is 0.622. The van der Waals surface area contributed by atoms with Crippen molar-refractivity contribution in [3.05, 3.63) is 271 Å². The zero-order chi connectivity index (χ0) is 46.3. The number of aromatic nitrogens is 2. The first-order valence-electron chi connectivity index (χ1n) is 23.7. The molecule has 2 aromatic heterocycles. The van der Waals surface area contributed by atoms with Gasteiger partial charge >= 0.3 is 0 Å². The molecule has 2 heterocycles. The molecule has 0 aliphatic carbocycles. The third-order valence-corrected chi connectivity index (χ3v) is 13.8. The molecule has 0 aliphatic heterocycles. The van der Waals surface area contributed by atoms with Gasteiger partial charge in [0.25, 0.3) is 0 Å². The van der Waals surface area contributed by atoms with E-state index in [0.29, 0.717) is 5.92 Å². The Morgan fingerprint density at radius 1 is 0.362 bits per heavy atom. The monoisotopic (exact) mass is 895 g/mol. The van der Waals surface area contributed by atoms with E-state index in [1.54, 1.807) is 0 Å². The van der Waals surface area contributed by atoms with Crippen LogP contribution in [0.4, 0.5) is 25.8 Å². The van der Waals surface area contributed by atoms with E-state index in [9.17, 15) is 8.78 Å². The third-order valence-electron chi connectivity index (χ3n) is 13.8. The van der Waals surface area contributed by atoms with Crippen LogP contribution in [0.15, 0.2) is 243 Å². The summed E-state index contributed by atoms with van der Waals surface area (Å²) in [6.45, 7) is 0. The van der Waals surface area contributed by atoms with E-state index in [4.69, 9.17) is 0 Å². The summed E-state index contributed by atoms with van der Waals surface area (Å²) in [6.07, 6.45) is 2.89. The van der Waals surface area contributed by atoms with Crippen molar-refractivity contribution in [1.82, 2.24) is 9.13 Å². The van der Waals surface area contributed by atoms with Crippen LogP contribution >= 0.6 is 0 Å². The Morgan fingerprint density at radius 3 is 1.42 bits per heavy atom. The van der Waals surface area contributed by atoms with Crippen LogP contribution < -0.4 is 4.90 Å². The normalized spacial score (nSPS) is 12.0. The second-order valence-corrected chi connectivity index (χ2v) is 18.0. The van der Waals surface area contributed by atoms with Crippen LogP contribution in [0.2, 0.25) is 0 Å². The number of anilines is 3. The van der Waals surface area contributed by atoms with Gasteiger partial charge in [0.1, 0.15) is 11.6 Å². The molecule has 0 N–H and O–H groups in total. The topological polar surface area (TPSA) is 13.1 Å². The highest BCUT2D eigenvalue weighted by molar-refractivity contribution is 6.11. The number of aryl methyl sites for hydroxylation is 1. The molecular weight excluding hydrogens is 849 g/mol. The fourth-order valence-corrected chi connectivity index (χ4v) is 10.4. The predicted molar refractivity (Wildman–Crippen MR) is 283 cm³/mol.